The molecule has 1 aliphatic rings. The average Bonchev–Trinajstić information content (AvgIpc) is 3.29. The number of H-pyrrole nitrogens is 1. The van der Waals surface area contributed by atoms with Crippen molar-refractivity contribution in [3.05, 3.63) is 48.7 Å². The van der Waals surface area contributed by atoms with E-state index in [1.165, 1.54) is 12.4 Å². The summed E-state index contributed by atoms with van der Waals surface area (Å²) in [6.45, 7) is 0.132. The number of rotatable bonds is 7. The smallest absolute Gasteiger partial charge is 0.249 e. The number of alkyl halides is 2. The zero-order chi connectivity index (χ0) is 23.8. The van der Waals surface area contributed by atoms with Crippen LogP contribution in [0.3, 0.4) is 0 Å². The Hall–Kier alpha value is -4.24. The molecule has 0 spiro atoms. The van der Waals surface area contributed by atoms with E-state index in [0.29, 0.717) is 39.7 Å². The van der Waals surface area contributed by atoms with Crippen molar-refractivity contribution < 1.29 is 13.5 Å². The Morgan fingerprint density at radius 3 is 2.71 bits per heavy atom. The second-order valence-corrected chi connectivity index (χ2v) is 8.26. The minimum absolute atomic E-state index is 0.0339. The summed E-state index contributed by atoms with van der Waals surface area (Å²) in [4.78, 5) is 16.9. The van der Waals surface area contributed by atoms with Crippen LogP contribution in [0.5, 0.6) is 5.75 Å². The molecule has 1 aliphatic carbocycles. The first-order valence-electron chi connectivity index (χ1n) is 10.4. The largest absolute Gasteiger partial charge is 0.491 e. The number of nitrogens with zero attached hydrogens (tertiary/aromatic N) is 6. The molecule has 0 bridgehead atoms. The summed E-state index contributed by atoms with van der Waals surface area (Å²) in [5.41, 5.74) is 7.58. The molecule has 4 heterocycles. The molecule has 0 amide bonds. The van der Waals surface area contributed by atoms with Crippen molar-refractivity contribution in [2.45, 2.75) is 18.8 Å². The summed E-state index contributed by atoms with van der Waals surface area (Å²) in [6, 6.07) is 7.21. The van der Waals surface area contributed by atoms with Crippen LogP contribution in [0, 0.1) is 16.7 Å². The number of ether oxygens (including phenoxy) is 1. The normalized spacial score (nSPS) is 15.9. The van der Waals surface area contributed by atoms with Crippen LogP contribution in [0.15, 0.2) is 43.0 Å². The van der Waals surface area contributed by atoms with E-state index in [9.17, 15) is 8.78 Å². The highest BCUT2D eigenvalue weighted by Gasteiger charge is 2.56. The van der Waals surface area contributed by atoms with E-state index in [0.717, 1.165) is 0 Å². The molecule has 4 N–H and O–H groups in total. The molecule has 0 saturated heterocycles. The molecule has 5 rings (SSSR count). The van der Waals surface area contributed by atoms with Crippen LogP contribution in [0.1, 0.15) is 18.5 Å². The Morgan fingerprint density at radius 1 is 1.15 bits per heavy atom. The van der Waals surface area contributed by atoms with Gasteiger partial charge in [0, 0.05) is 37.1 Å². The van der Waals surface area contributed by atoms with Gasteiger partial charge in [-0.25, -0.2) is 18.7 Å². The van der Waals surface area contributed by atoms with E-state index in [-0.39, 0.29) is 31.7 Å². The van der Waals surface area contributed by atoms with Gasteiger partial charge in [0.25, 0.3) is 0 Å². The second kappa shape index (κ2) is 8.27. The minimum atomic E-state index is -2.72. The summed E-state index contributed by atoms with van der Waals surface area (Å²) in [5, 5.41) is 19.1. The molecule has 0 aliphatic heterocycles. The first-order chi connectivity index (χ1) is 16.4. The van der Waals surface area contributed by atoms with Gasteiger partial charge in [-0.15, -0.1) is 0 Å². The molecule has 12 heteroatoms. The van der Waals surface area contributed by atoms with Gasteiger partial charge in [0.15, 0.2) is 11.5 Å². The van der Waals surface area contributed by atoms with Crippen molar-refractivity contribution in [1.82, 2.24) is 30.1 Å². The van der Waals surface area contributed by atoms with E-state index in [4.69, 9.17) is 15.7 Å². The Bertz CT molecular complexity index is 1370. The summed E-state index contributed by atoms with van der Waals surface area (Å²) in [5.74, 6) is -1.49. The molecule has 1 saturated carbocycles. The zero-order valence-electron chi connectivity index (χ0n) is 17.8. The maximum absolute atomic E-state index is 13.5. The first kappa shape index (κ1) is 21.6. The van der Waals surface area contributed by atoms with Gasteiger partial charge in [-0.3, -0.25) is 15.1 Å². The number of anilines is 2. The van der Waals surface area contributed by atoms with E-state index in [1.54, 1.807) is 24.5 Å². The molecule has 172 valence electrons. The van der Waals surface area contributed by atoms with Crippen LogP contribution in [0.25, 0.3) is 22.3 Å². The van der Waals surface area contributed by atoms with Crippen LogP contribution >= 0.6 is 0 Å². The van der Waals surface area contributed by atoms with Crippen LogP contribution in [-0.2, 0) is 0 Å². The van der Waals surface area contributed by atoms with Gasteiger partial charge >= 0.3 is 0 Å². The third-order valence-corrected chi connectivity index (χ3v) is 5.69. The molecule has 0 radical (unpaired) electrons. The molecular weight excluding hydrogens is 444 g/mol. The summed E-state index contributed by atoms with van der Waals surface area (Å²) in [7, 11) is 0. The SMILES string of the molecule is N#Cc1cnc(Nc2cc(-c3c(OCC4(CN)CC(F)(F)C4)cnc4cccnc34)[nH]n2)cn1. The standard InChI is InChI=1S/C22H19F2N9O/c23-22(24)9-21(10-22,11-26)12-34-16-7-29-14-2-1-3-27-20(14)19(16)15-4-17(33-32-15)31-18-8-28-13(5-25)6-30-18/h1-4,6-8H,9-12,26H2,(H2,30,31,32,33). The highest BCUT2D eigenvalue weighted by atomic mass is 19.3. The number of hydrogen-bond donors (Lipinski definition) is 3. The van der Waals surface area contributed by atoms with Gasteiger partial charge < -0.3 is 15.8 Å². The Labute approximate surface area is 192 Å². The van der Waals surface area contributed by atoms with Crippen molar-refractivity contribution in [2.24, 2.45) is 11.1 Å². The van der Waals surface area contributed by atoms with Gasteiger partial charge in [-0.2, -0.15) is 10.4 Å². The van der Waals surface area contributed by atoms with Crippen molar-refractivity contribution >= 4 is 22.7 Å². The van der Waals surface area contributed by atoms with E-state index < -0.39 is 11.3 Å². The summed E-state index contributed by atoms with van der Waals surface area (Å²) >= 11 is 0. The predicted octanol–water partition coefficient (Wildman–Crippen LogP) is 3.18. The quantitative estimate of drug-likeness (QED) is 0.375. The number of aromatic nitrogens is 6. The number of pyridine rings is 2. The van der Waals surface area contributed by atoms with E-state index in [1.807, 2.05) is 12.1 Å². The Morgan fingerprint density at radius 2 is 2.00 bits per heavy atom. The van der Waals surface area contributed by atoms with Gasteiger partial charge in [-0.05, 0) is 12.1 Å². The van der Waals surface area contributed by atoms with Gasteiger partial charge in [-0.1, -0.05) is 0 Å². The van der Waals surface area contributed by atoms with Gasteiger partial charge in [0.2, 0.25) is 5.92 Å². The summed E-state index contributed by atoms with van der Waals surface area (Å²) in [6.07, 6.45) is 5.32. The monoisotopic (exact) mass is 463 g/mol. The molecule has 0 unspecified atom stereocenters. The van der Waals surface area contributed by atoms with Crippen LogP contribution < -0.4 is 15.8 Å². The molecule has 0 atom stereocenters. The van der Waals surface area contributed by atoms with Crippen molar-refractivity contribution in [3.8, 4) is 23.1 Å². The molecule has 34 heavy (non-hydrogen) atoms. The molecule has 4 aromatic heterocycles. The highest BCUT2D eigenvalue weighted by Crippen LogP contribution is 2.51. The van der Waals surface area contributed by atoms with Crippen LogP contribution in [0.4, 0.5) is 20.4 Å². The minimum Gasteiger partial charge on any atom is -0.491 e. The number of nitrogens with two attached hydrogens (primary N) is 1. The molecule has 0 aromatic carbocycles. The highest BCUT2D eigenvalue weighted by molar-refractivity contribution is 5.93. The lowest BCUT2D eigenvalue weighted by Gasteiger charge is -2.46. The van der Waals surface area contributed by atoms with E-state index in [2.05, 4.69) is 35.5 Å². The number of halogens is 2. The third-order valence-electron chi connectivity index (χ3n) is 5.69. The topological polar surface area (TPSA) is 151 Å². The maximum Gasteiger partial charge on any atom is 0.249 e. The Balaban J connectivity index is 1.45. The number of aromatic amines is 1. The fourth-order valence-electron chi connectivity index (χ4n) is 4.05. The van der Waals surface area contributed by atoms with Gasteiger partial charge in [0.05, 0.1) is 42.0 Å². The van der Waals surface area contributed by atoms with Crippen molar-refractivity contribution in [3.63, 3.8) is 0 Å². The lowest BCUT2D eigenvalue weighted by atomic mass is 9.66. The maximum atomic E-state index is 13.5. The number of nitriles is 1. The first-order valence-corrected chi connectivity index (χ1v) is 10.4. The molecule has 10 nitrogen and oxygen atoms in total. The fraction of sp³-hybridized carbons (Fsp3) is 0.273. The third kappa shape index (κ3) is 4.08. The van der Waals surface area contributed by atoms with Crippen LogP contribution in [-0.4, -0.2) is 49.2 Å². The number of hydrogen-bond acceptors (Lipinski definition) is 9. The molecule has 1 fully saturated rings. The van der Waals surface area contributed by atoms with Crippen molar-refractivity contribution in [1.29, 1.82) is 5.26 Å². The lowest BCUT2D eigenvalue weighted by Crippen LogP contribution is -2.53. The zero-order valence-corrected chi connectivity index (χ0v) is 17.8. The summed E-state index contributed by atoms with van der Waals surface area (Å²) < 4.78 is 33.1. The lowest BCUT2D eigenvalue weighted by molar-refractivity contribution is -0.168. The molecule has 4 aromatic rings. The molecular formula is C22H19F2N9O. The van der Waals surface area contributed by atoms with Crippen molar-refractivity contribution in [2.75, 3.05) is 18.5 Å². The fourth-order valence-corrected chi connectivity index (χ4v) is 4.05. The van der Waals surface area contributed by atoms with E-state index >= 15 is 0 Å². The predicted molar refractivity (Wildman–Crippen MR) is 118 cm³/mol. The Kier molecular flexibility index (Phi) is 5.25. The number of fused-ring (bicyclic) bond motifs is 1. The number of nitrogens with one attached hydrogen (secondary N) is 2. The van der Waals surface area contributed by atoms with Crippen LogP contribution in [0.2, 0.25) is 0 Å². The van der Waals surface area contributed by atoms with Gasteiger partial charge in [0.1, 0.15) is 23.2 Å². The average molecular weight is 463 g/mol. The second-order valence-electron chi connectivity index (χ2n) is 8.26.